The number of allylic oxidation sites excluding steroid dienone is 2. The van der Waals surface area contributed by atoms with Crippen LogP contribution in [0.1, 0.15) is 31.2 Å². The summed E-state index contributed by atoms with van der Waals surface area (Å²) in [6, 6.07) is 5.07. The molecule has 0 bridgehead atoms. The van der Waals surface area contributed by atoms with E-state index in [1.807, 2.05) is 6.07 Å². The van der Waals surface area contributed by atoms with Gasteiger partial charge >= 0.3 is 0 Å². The van der Waals surface area contributed by atoms with Gasteiger partial charge in [0, 0.05) is 10.9 Å². The Balaban J connectivity index is 2.16. The van der Waals surface area contributed by atoms with Crippen LogP contribution in [0, 0.1) is 5.82 Å². The van der Waals surface area contributed by atoms with Crippen LogP contribution in [0.3, 0.4) is 0 Å². The first kappa shape index (κ1) is 12.5. The number of halogens is 2. The topological polar surface area (TPSA) is 17.1 Å². The second-order valence-corrected chi connectivity index (χ2v) is 5.30. The van der Waals surface area contributed by atoms with E-state index in [4.69, 9.17) is 0 Å². The first-order chi connectivity index (χ1) is 8.15. The van der Waals surface area contributed by atoms with E-state index < -0.39 is 0 Å². The van der Waals surface area contributed by atoms with E-state index in [-0.39, 0.29) is 11.6 Å². The molecule has 0 unspecified atom stereocenters. The molecule has 0 fully saturated rings. The van der Waals surface area contributed by atoms with Crippen molar-refractivity contribution in [1.82, 2.24) is 0 Å². The predicted octanol–water partition coefficient (Wildman–Crippen LogP) is 4.20. The third-order valence-corrected chi connectivity index (χ3v) is 3.46. The zero-order chi connectivity index (χ0) is 12.3. The molecule has 1 aliphatic rings. The molecule has 2 rings (SSSR count). The lowest BCUT2D eigenvalue weighted by Gasteiger charge is -2.06. The Labute approximate surface area is 109 Å². The number of ketones is 1. The second kappa shape index (κ2) is 5.58. The molecule has 0 atom stereocenters. The Bertz CT molecular complexity index is 465. The fourth-order valence-corrected chi connectivity index (χ4v) is 2.41. The van der Waals surface area contributed by atoms with Crippen LogP contribution in [-0.2, 0) is 11.2 Å². The molecule has 1 aromatic rings. The highest BCUT2D eigenvalue weighted by molar-refractivity contribution is 9.10. The van der Waals surface area contributed by atoms with Gasteiger partial charge < -0.3 is 0 Å². The Kier molecular flexibility index (Phi) is 4.11. The van der Waals surface area contributed by atoms with Crippen molar-refractivity contribution >= 4 is 21.7 Å². The van der Waals surface area contributed by atoms with Crippen LogP contribution in [0.15, 0.2) is 34.3 Å². The zero-order valence-electron chi connectivity index (χ0n) is 9.51. The fraction of sp³-hybridized carbons (Fsp3) is 0.357. The molecule has 1 aliphatic carbocycles. The lowest BCUT2D eigenvalue weighted by atomic mass is 10.0. The van der Waals surface area contributed by atoms with Crippen molar-refractivity contribution in [1.29, 1.82) is 0 Å². The Morgan fingerprint density at radius 3 is 2.76 bits per heavy atom. The molecule has 0 saturated heterocycles. The van der Waals surface area contributed by atoms with Crippen LogP contribution in [0.5, 0.6) is 0 Å². The lowest BCUT2D eigenvalue weighted by Crippen LogP contribution is -1.96. The van der Waals surface area contributed by atoms with E-state index >= 15 is 0 Å². The largest absolute Gasteiger partial charge is 0.295 e. The van der Waals surface area contributed by atoms with Gasteiger partial charge in [-0.05, 0) is 49.5 Å². The molecular formula is C14H14BrFO. The summed E-state index contributed by atoms with van der Waals surface area (Å²) in [5.74, 6) is -0.0352. The van der Waals surface area contributed by atoms with Crippen LogP contribution >= 0.6 is 15.9 Å². The number of hydrogen-bond acceptors (Lipinski definition) is 1. The fourth-order valence-electron chi connectivity index (χ4n) is 2.07. The minimum absolute atomic E-state index is 0.176. The maximum atomic E-state index is 13.7. The molecule has 3 heteroatoms. The molecule has 1 aromatic carbocycles. The number of carbonyl (C=O) groups excluding carboxylic acids is 1. The van der Waals surface area contributed by atoms with Gasteiger partial charge in [0.2, 0.25) is 0 Å². The summed E-state index contributed by atoms with van der Waals surface area (Å²) in [6.07, 6.45) is 5.75. The van der Waals surface area contributed by atoms with Crippen LogP contribution < -0.4 is 0 Å². The first-order valence-electron chi connectivity index (χ1n) is 5.81. The van der Waals surface area contributed by atoms with Crippen LogP contribution in [0.2, 0.25) is 0 Å². The smallest absolute Gasteiger partial charge is 0.155 e. The van der Waals surface area contributed by atoms with Crippen molar-refractivity contribution in [2.45, 2.75) is 32.1 Å². The molecule has 0 aliphatic heterocycles. The summed E-state index contributed by atoms with van der Waals surface area (Å²) in [7, 11) is 0. The highest BCUT2D eigenvalue weighted by Crippen LogP contribution is 2.22. The standard InChI is InChI=1S/C14H14BrFO/c15-12-6-5-11(14(16)9-12)7-10-3-1-2-4-13(17)8-10/h5-6,8-9H,1-4,7H2. The number of carbonyl (C=O) groups is 1. The highest BCUT2D eigenvalue weighted by Gasteiger charge is 2.11. The maximum Gasteiger partial charge on any atom is 0.155 e. The van der Waals surface area contributed by atoms with Crippen LogP contribution in [-0.4, -0.2) is 5.78 Å². The maximum absolute atomic E-state index is 13.7. The molecule has 1 nitrogen and oxygen atoms in total. The summed E-state index contributed by atoms with van der Waals surface area (Å²) < 4.78 is 14.4. The Hall–Kier alpha value is -0.960. The average molecular weight is 297 g/mol. The van der Waals surface area contributed by atoms with E-state index in [2.05, 4.69) is 15.9 Å². The van der Waals surface area contributed by atoms with Crippen molar-refractivity contribution in [3.8, 4) is 0 Å². The van der Waals surface area contributed by atoms with Gasteiger partial charge in [-0.2, -0.15) is 0 Å². The third kappa shape index (κ3) is 3.50. The van der Waals surface area contributed by atoms with Crippen molar-refractivity contribution in [2.24, 2.45) is 0 Å². The van der Waals surface area contributed by atoms with Gasteiger partial charge in [-0.15, -0.1) is 0 Å². The molecule has 0 radical (unpaired) electrons. The monoisotopic (exact) mass is 296 g/mol. The van der Waals surface area contributed by atoms with Crippen molar-refractivity contribution in [3.63, 3.8) is 0 Å². The van der Waals surface area contributed by atoms with Gasteiger partial charge in [0.15, 0.2) is 5.78 Å². The molecule has 0 heterocycles. The molecule has 0 amide bonds. The normalized spacial score (nSPS) is 16.6. The number of rotatable bonds is 2. The van der Waals surface area contributed by atoms with Crippen molar-refractivity contribution in [2.75, 3.05) is 0 Å². The van der Waals surface area contributed by atoms with Crippen LogP contribution in [0.4, 0.5) is 4.39 Å². The summed E-state index contributed by atoms with van der Waals surface area (Å²) >= 11 is 3.23. The minimum atomic E-state index is -0.211. The first-order valence-corrected chi connectivity index (χ1v) is 6.60. The quantitative estimate of drug-likeness (QED) is 0.799. The van der Waals surface area contributed by atoms with Gasteiger partial charge in [0.25, 0.3) is 0 Å². The molecular weight excluding hydrogens is 283 g/mol. The van der Waals surface area contributed by atoms with Gasteiger partial charge in [0.1, 0.15) is 5.82 Å². The van der Waals surface area contributed by atoms with E-state index in [9.17, 15) is 9.18 Å². The Morgan fingerprint density at radius 1 is 1.24 bits per heavy atom. The van der Waals surface area contributed by atoms with Gasteiger partial charge in [-0.25, -0.2) is 4.39 Å². The van der Waals surface area contributed by atoms with E-state index in [0.717, 1.165) is 29.3 Å². The predicted molar refractivity (Wildman–Crippen MR) is 69.4 cm³/mol. The summed E-state index contributed by atoms with van der Waals surface area (Å²) in [5, 5.41) is 0. The average Bonchev–Trinajstić information content (AvgIpc) is 2.47. The summed E-state index contributed by atoms with van der Waals surface area (Å²) in [6.45, 7) is 0. The highest BCUT2D eigenvalue weighted by atomic mass is 79.9. The van der Waals surface area contributed by atoms with Gasteiger partial charge in [0.05, 0.1) is 0 Å². The van der Waals surface area contributed by atoms with Gasteiger partial charge in [-0.1, -0.05) is 27.6 Å². The number of benzene rings is 1. The number of hydrogen-bond donors (Lipinski definition) is 0. The summed E-state index contributed by atoms with van der Waals surface area (Å²) in [5.41, 5.74) is 1.71. The third-order valence-electron chi connectivity index (χ3n) is 2.97. The molecule has 0 N–H and O–H groups in total. The molecule has 0 saturated carbocycles. The SMILES string of the molecule is O=C1C=C(Cc2ccc(Br)cc2F)CCCC1. The van der Waals surface area contributed by atoms with Crippen molar-refractivity contribution in [3.05, 3.63) is 45.7 Å². The van der Waals surface area contributed by atoms with Crippen molar-refractivity contribution < 1.29 is 9.18 Å². The molecule has 0 aromatic heterocycles. The van der Waals surface area contributed by atoms with E-state index in [1.165, 1.54) is 6.07 Å². The molecule has 0 spiro atoms. The lowest BCUT2D eigenvalue weighted by molar-refractivity contribution is -0.114. The summed E-state index contributed by atoms with van der Waals surface area (Å²) in [4.78, 5) is 11.4. The van der Waals surface area contributed by atoms with E-state index in [0.29, 0.717) is 18.4 Å². The Morgan fingerprint density at radius 2 is 2.00 bits per heavy atom. The van der Waals surface area contributed by atoms with Crippen LogP contribution in [0.25, 0.3) is 0 Å². The second-order valence-electron chi connectivity index (χ2n) is 4.39. The molecule has 90 valence electrons. The van der Waals surface area contributed by atoms with E-state index in [1.54, 1.807) is 12.1 Å². The minimum Gasteiger partial charge on any atom is -0.295 e. The molecule has 17 heavy (non-hydrogen) atoms. The van der Waals surface area contributed by atoms with Gasteiger partial charge in [-0.3, -0.25) is 4.79 Å². The zero-order valence-corrected chi connectivity index (χ0v) is 11.1.